The average Bonchev–Trinajstić information content (AvgIpc) is 2.94. The SMILES string of the molecule is CC1(CO)C(O)C(O)CC2(C)C3CCC4=C(C(=O)OC4O)C3(CO)CCC12. The van der Waals surface area contributed by atoms with Crippen LogP contribution in [-0.2, 0) is 9.53 Å². The van der Waals surface area contributed by atoms with Gasteiger partial charge in [0.2, 0.25) is 6.29 Å². The van der Waals surface area contributed by atoms with Gasteiger partial charge < -0.3 is 30.3 Å². The molecule has 5 N–H and O–H groups in total. The van der Waals surface area contributed by atoms with Crippen molar-refractivity contribution in [2.45, 2.75) is 64.4 Å². The molecule has 4 aliphatic rings. The number of esters is 1. The Labute approximate surface area is 158 Å². The fourth-order valence-corrected chi connectivity index (χ4v) is 7.29. The van der Waals surface area contributed by atoms with Gasteiger partial charge in [-0.1, -0.05) is 13.8 Å². The Balaban J connectivity index is 1.84. The van der Waals surface area contributed by atoms with Crippen molar-refractivity contribution in [3.8, 4) is 0 Å². The Bertz CT molecular complexity index is 690. The number of aliphatic hydroxyl groups is 5. The number of carbonyl (C=O) groups is 1. The Morgan fingerprint density at radius 3 is 2.41 bits per heavy atom. The highest BCUT2D eigenvalue weighted by atomic mass is 16.6. The third-order valence-electron chi connectivity index (χ3n) is 8.49. The molecule has 7 nitrogen and oxygen atoms in total. The minimum absolute atomic E-state index is 0.0532. The largest absolute Gasteiger partial charge is 0.428 e. The summed E-state index contributed by atoms with van der Waals surface area (Å²) in [6.07, 6.45) is -0.587. The first kappa shape index (κ1) is 19.3. The maximum absolute atomic E-state index is 12.5. The number of fused-ring (bicyclic) bond motifs is 4. The molecule has 2 fully saturated rings. The van der Waals surface area contributed by atoms with Gasteiger partial charge in [0.1, 0.15) is 0 Å². The van der Waals surface area contributed by atoms with Gasteiger partial charge in [-0.15, -0.1) is 0 Å². The van der Waals surface area contributed by atoms with Crippen molar-refractivity contribution in [3.63, 3.8) is 0 Å². The first-order chi connectivity index (χ1) is 12.7. The fourth-order valence-electron chi connectivity index (χ4n) is 7.29. The number of carbonyl (C=O) groups excluding carboxylic acids is 1. The molecule has 0 aromatic carbocycles. The lowest BCUT2D eigenvalue weighted by molar-refractivity contribution is -0.229. The molecule has 0 aromatic heterocycles. The van der Waals surface area contributed by atoms with Crippen molar-refractivity contribution in [1.82, 2.24) is 0 Å². The standard InChI is InChI=1S/C20H30O7/c1-18-7-11(23)15(24)19(2,8-21)12(18)5-6-20(9-22)13(18)4-3-10-14(20)17(26)27-16(10)25/h11-13,15-16,21-25H,3-9H2,1-2H3. The molecule has 0 saturated heterocycles. The summed E-state index contributed by atoms with van der Waals surface area (Å²) in [7, 11) is 0. The van der Waals surface area contributed by atoms with Crippen LogP contribution in [0, 0.1) is 28.1 Å². The molecule has 7 heteroatoms. The lowest BCUT2D eigenvalue weighted by Crippen LogP contribution is -2.66. The summed E-state index contributed by atoms with van der Waals surface area (Å²) in [5.74, 6) is -0.722. The van der Waals surface area contributed by atoms with E-state index in [1.165, 1.54) is 0 Å². The number of hydrogen-bond acceptors (Lipinski definition) is 7. The number of aliphatic hydroxyl groups excluding tert-OH is 5. The van der Waals surface area contributed by atoms with Crippen LogP contribution in [0.2, 0.25) is 0 Å². The Morgan fingerprint density at radius 1 is 1.07 bits per heavy atom. The van der Waals surface area contributed by atoms with Gasteiger partial charge in [-0.05, 0) is 49.4 Å². The number of hydrogen-bond donors (Lipinski definition) is 5. The van der Waals surface area contributed by atoms with Crippen LogP contribution in [0.5, 0.6) is 0 Å². The van der Waals surface area contributed by atoms with Crippen LogP contribution in [0.3, 0.4) is 0 Å². The molecule has 2 saturated carbocycles. The van der Waals surface area contributed by atoms with E-state index in [1.807, 2.05) is 6.92 Å². The van der Waals surface area contributed by atoms with Crippen molar-refractivity contribution in [1.29, 1.82) is 0 Å². The molecule has 0 radical (unpaired) electrons. The molecule has 8 atom stereocenters. The summed E-state index contributed by atoms with van der Waals surface area (Å²) in [6, 6.07) is 0. The first-order valence-corrected chi connectivity index (χ1v) is 9.86. The summed E-state index contributed by atoms with van der Waals surface area (Å²) >= 11 is 0. The minimum atomic E-state index is -1.23. The van der Waals surface area contributed by atoms with E-state index >= 15 is 0 Å². The van der Waals surface area contributed by atoms with E-state index in [9.17, 15) is 30.3 Å². The molecule has 0 aromatic rings. The van der Waals surface area contributed by atoms with Gasteiger partial charge in [0.25, 0.3) is 0 Å². The summed E-state index contributed by atoms with van der Waals surface area (Å²) in [4.78, 5) is 12.5. The summed E-state index contributed by atoms with van der Waals surface area (Å²) in [5.41, 5.74) is -1.14. The molecule has 152 valence electrons. The molecule has 1 aliphatic heterocycles. The highest BCUT2D eigenvalue weighted by Gasteiger charge is 2.67. The van der Waals surface area contributed by atoms with Crippen molar-refractivity contribution >= 4 is 5.97 Å². The molecular weight excluding hydrogens is 352 g/mol. The lowest BCUT2D eigenvalue weighted by atomic mass is 9.39. The van der Waals surface area contributed by atoms with Gasteiger partial charge >= 0.3 is 5.97 Å². The van der Waals surface area contributed by atoms with Crippen molar-refractivity contribution < 1.29 is 35.1 Å². The number of rotatable bonds is 2. The quantitative estimate of drug-likeness (QED) is 0.428. The van der Waals surface area contributed by atoms with Gasteiger partial charge in [-0.3, -0.25) is 0 Å². The van der Waals surface area contributed by atoms with Gasteiger partial charge in [0, 0.05) is 16.4 Å². The van der Waals surface area contributed by atoms with Gasteiger partial charge in [-0.25, -0.2) is 4.79 Å². The zero-order valence-corrected chi connectivity index (χ0v) is 15.9. The predicted octanol–water partition coefficient (Wildman–Crippen LogP) is 0.0873. The molecule has 27 heavy (non-hydrogen) atoms. The second kappa shape index (κ2) is 6.00. The highest BCUT2D eigenvalue weighted by molar-refractivity contribution is 5.94. The van der Waals surface area contributed by atoms with Crippen LogP contribution in [0.25, 0.3) is 0 Å². The maximum Gasteiger partial charge on any atom is 0.337 e. The van der Waals surface area contributed by atoms with Crippen LogP contribution in [-0.4, -0.2) is 63.2 Å². The van der Waals surface area contributed by atoms with Crippen LogP contribution in [0.15, 0.2) is 11.1 Å². The smallest absolute Gasteiger partial charge is 0.337 e. The molecule has 0 spiro atoms. The van der Waals surface area contributed by atoms with Crippen molar-refractivity contribution in [2.75, 3.05) is 13.2 Å². The minimum Gasteiger partial charge on any atom is -0.428 e. The molecule has 3 aliphatic carbocycles. The van der Waals surface area contributed by atoms with E-state index in [4.69, 9.17) is 4.74 Å². The van der Waals surface area contributed by atoms with Gasteiger partial charge in [0.15, 0.2) is 0 Å². The Hall–Kier alpha value is -0.990. The monoisotopic (exact) mass is 382 g/mol. The van der Waals surface area contributed by atoms with E-state index in [2.05, 4.69) is 6.92 Å². The molecule has 1 heterocycles. The third kappa shape index (κ3) is 2.23. The van der Waals surface area contributed by atoms with Crippen LogP contribution >= 0.6 is 0 Å². The van der Waals surface area contributed by atoms with Gasteiger partial charge in [0.05, 0.1) is 31.0 Å². The fraction of sp³-hybridized carbons (Fsp3) is 0.850. The third-order valence-corrected chi connectivity index (χ3v) is 8.49. The van der Waals surface area contributed by atoms with E-state index in [-0.39, 0.29) is 25.0 Å². The second-order valence-corrected chi connectivity index (χ2v) is 9.54. The lowest BCUT2D eigenvalue weighted by Gasteiger charge is -2.65. The van der Waals surface area contributed by atoms with E-state index in [1.54, 1.807) is 0 Å². The number of cyclic esters (lactones) is 1. The molecule has 0 amide bonds. The van der Waals surface area contributed by atoms with E-state index < -0.39 is 40.7 Å². The zero-order chi connectivity index (χ0) is 19.8. The van der Waals surface area contributed by atoms with E-state index in [0.29, 0.717) is 43.3 Å². The van der Waals surface area contributed by atoms with Crippen molar-refractivity contribution in [2.24, 2.45) is 28.1 Å². The maximum atomic E-state index is 12.5. The predicted molar refractivity (Wildman–Crippen MR) is 94.0 cm³/mol. The summed E-state index contributed by atoms with van der Waals surface area (Å²) in [6.45, 7) is 3.40. The molecule has 8 unspecified atom stereocenters. The van der Waals surface area contributed by atoms with Crippen LogP contribution in [0.1, 0.15) is 46.0 Å². The van der Waals surface area contributed by atoms with Crippen LogP contribution < -0.4 is 0 Å². The normalized spacial score (nSPS) is 52.1. The number of ether oxygens (including phenoxy) is 1. The zero-order valence-electron chi connectivity index (χ0n) is 15.9. The highest BCUT2D eigenvalue weighted by Crippen LogP contribution is 2.69. The molecular formula is C20H30O7. The molecule has 4 rings (SSSR count). The Morgan fingerprint density at radius 2 is 1.78 bits per heavy atom. The van der Waals surface area contributed by atoms with Crippen molar-refractivity contribution in [3.05, 3.63) is 11.1 Å². The molecule has 0 bridgehead atoms. The van der Waals surface area contributed by atoms with Gasteiger partial charge in [-0.2, -0.15) is 0 Å². The topological polar surface area (TPSA) is 127 Å². The van der Waals surface area contributed by atoms with E-state index in [0.717, 1.165) is 0 Å². The summed E-state index contributed by atoms with van der Waals surface area (Å²) < 4.78 is 5.06. The Kier molecular flexibility index (Phi) is 4.30. The summed E-state index contributed by atoms with van der Waals surface area (Å²) in [5, 5.41) is 51.9. The first-order valence-electron chi connectivity index (χ1n) is 9.86. The average molecular weight is 382 g/mol. The van der Waals surface area contributed by atoms with Crippen LogP contribution in [0.4, 0.5) is 0 Å². The second-order valence-electron chi connectivity index (χ2n) is 9.54.